The van der Waals surface area contributed by atoms with Crippen LogP contribution in [0.4, 0.5) is 5.82 Å². The number of hydrogen-bond donors (Lipinski definition) is 2. The number of anilines is 1. The van der Waals surface area contributed by atoms with Crippen molar-refractivity contribution in [1.29, 1.82) is 0 Å². The second kappa shape index (κ2) is 6.35. The smallest absolute Gasteiger partial charge is 0.268 e. The molecule has 0 saturated heterocycles. The van der Waals surface area contributed by atoms with Crippen LogP contribution in [0.25, 0.3) is 11.3 Å². The van der Waals surface area contributed by atoms with Gasteiger partial charge in [0, 0.05) is 36.3 Å². The van der Waals surface area contributed by atoms with E-state index >= 15 is 0 Å². The number of nitrogens with one attached hydrogen (secondary N) is 1. The average Bonchev–Trinajstić information content (AvgIpc) is 2.94. The molecule has 4 rings (SSSR count). The average molecular weight is 334 g/mol. The van der Waals surface area contributed by atoms with E-state index in [1.54, 1.807) is 6.20 Å². The van der Waals surface area contributed by atoms with Crippen LogP contribution in [-0.4, -0.2) is 39.2 Å². The van der Waals surface area contributed by atoms with Gasteiger partial charge in [-0.3, -0.25) is 14.9 Å². The van der Waals surface area contributed by atoms with Crippen LogP contribution in [0.15, 0.2) is 42.7 Å². The number of hydrogen-bond acceptors (Lipinski definition) is 5. The molecule has 126 valence electrons. The van der Waals surface area contributed by atoms with Crippen LogP contribution < -0.4 is 10.6 Å². The third-order valence-corrected chi connectivity index (χ3v) is 4.46. The van der Waals surface area contributed by atoms with Gasteiger partial charge in [-0.15, -0.1) is 0 Å². The van der Waals surface area contributed by atoms with Crippen LogP contribution in [-0.2, 0) is 12.8 Å². The monoisotopic (exact) mass is 334 g/mol. The predicted octanol–water partition coefficient (Wildman–Crippen LogP) is 1.57. The van der Waals surface area contributed by atoms with Gasteiger partial charge in [0.15, 0.2) is 0 Å². The van der Waals surface area contributed by atoms with E-state index < -0.39 is 5.91 Å². The summed E-state index contributed by atoms with van der Waals surface area (Å²) < 4.78 is 0. The summed E-state index contributed by atoms with van der Waals surface area (Å²) in [7, 11) is 0. The molecule has 0 radical (unpaired) electrons. The predicted molar refractivity (Wildman–Crippen MR) is 94.2 cm³/mol. The fraction of sp³-hybridized carbons (Fsp3) is 0.222. The summed E-state index contributed by atoms with van der Waals surface area (Å²) in [6, 6.07) is 10.2. The minimum atomic E-state index is -0.565. The first kappa shape index (κ1) is 15.3. The molecule has 3 aromatic rings. The Hall–Kier alpha value is -3.22. The molecule has 0 unspecified atom stereocenters. The van der Waals surface area contributed by atoms with Crippen molar-refractivity contribution in [2.45, 2.75) is 12.8 Å². The number of primary amides is 1. The highest BCUT2D eigenvalue weighted by Gasteiger charge is 2.21. The Morgan fingerprint density at radius 3 is 2.72 bits per heavy atom. The van der Waals surface area contributed by atoms with Crippen LogP contribution >= 0.6 is 0 Å². The lowest BCUT2D eigenvalue weighted by molar-refractivity contribution is 0.0995. The van der Waals surface area contributed by atoms with Crippen molar-refractivity contribution in [2.24, 2.45) is 5.73 Å². The molecule has 0 saturated carbocycles. The van der Waals surface area contributed by atoms with Gasteiger partial charge in [0.05, 0.1) is 18.1 Å². The lowest BCUT2D eigenvalue weighted by atomic mass is 10.0. The fourth-order valence-electron chi connectivity index (χ4n) is 3.17. The Bertz CT molecular complexity index is 905. The number of fused-ring (bicyclic) bond motifs is 1. The maximum Gasteiger partial charge on any atom is 0.268 e. The summed E-state index contributed by atoms with van der Waals surface area (Å²) in [5, 5.41) is 7.69. The van der Waals surface area contributed by atoms with Crippen LogP contribution in [0.3, 0.4) is 0 Å². The highest BCUT2D eigenvalue weighted by molar-refractivity contribution is 5.90. The minimum Gasteiger partial charge on any atom is -0.364 e. The van der Waals surface area contributed by atoms with Gasteiger partial charge in [-0.2, -0.15) is 5.10 Å². The van der Waals surface area contributed by atoms with E-state index in [9.17, 15) is 4.79 Å². The largest absolute Gasteiger partial charge is 0.364 e. The zero-order chi connectivity index (χ0) is 17.2. The summed E-state index contributed by atoms with van der Waals surface area (Å²) >= 11 is 0. The zero-order valence-corrected chi connectivity index (χ0v) is 13.6. The third kappa shape index (κ3) is 2.96. The van der Waals surface area contributed by atoms with Gasteiger partial charge >= 0.3 is 0 Å². The zero-order valence-electron chi connectivity index (χ0n) is 13.6. The molecule has 1 aromatic carbocycles. The van der Waals surface area contributed by atoms with Gasteiger partial charge in [0.1, 0.15) is 11.5 Å². The van der Waals surface area contributed by atoms with Gasteiger partial charge in [-0.05, 0) is 6.42 Å². The lowest BCUT2D eigenvalue weighted by Gasteiger charge is -2.21. The van der Waals surface area contributed by atoms with Gasteiger partial charge in [-0.1, -0.05) is 30.3 Å². The van der Waals surface area contributed by atoms with Crippen molar-refractivity contribution >= 4 is 11.7 Å². The molecule has 0 bridgehead atoms. The van der Waals surface area contributed by atoms with Crippen molar-refractivity contribution in [3.8, 4) is 11.3 Å². The van der Waals surface area contributed by atoms with Crippen LogP contribution in [0.5, 0.6) is 0 Å². The first-order valence-electron chi connectivity index (χ1n) is 8.20. The minimum absolute atomic E-state index is 0.187. The Balaban J connectivity index is 1.60. The molecule has 1 amide bonds. The summed E-state index contributed by atoms with van der Waals surface area (Å²) in [6.45, 7) is 1.56. The second-order valence-electron chi connectivity index (χ2n) is 6.01. The molecule has 3 N–H and O–H groups in total. The van der Waals surface area contributed by atoms with E-state index in [-0.39, 0.29) is 5.69 Å². The van der Waals surface area contributed by atoms with Crippen molar-refractivity contribution in [2.75, 3.05) is 18.0 Å². The molecule has 25 heavy (non-hydrogen) atoms. The first-order chi connectivity index (χ1) is 12.2. The molecule has 0 spiro atoms. The van der Waals surface area contributed by atoms with E-state index in [1.807, 2.05) is 18.2 Å². The molecule has 1 aliphatic heterocycles. The van der Waals surface area contributed by atoms with E-state index in [1.165, 1.54) is 11.8 Å². The highest BCUT2D eigenvalue weighted by Crippen LogP contribution is 2.27. The first-order valence-corrected chi connectivity index (χ1v) is 8.20. The summed E-state index contributed by atoms with van der Waals surface area (Å²) in [5.41, 5.74) is 10.0. The highest BCUT2D eigenvalue weighted by atomic mass is 16.1. The quantitative estimate of drug-likeness (QED) is 0.757. The summed E-state index contributed by atoms with van der Waals surface area (Å²) in [4.78, 5) is 21.9. The topological polar surface area (TPSA) is 101 Å². The number of aromatic nitrogens is 4. The van der Waals surface area contributed by atoms with Gasteiger partial charge in [-0.25, -0.2) is 4.98 Å². The molecule has 7 heteroatoms. The van der Waals surface area contributed by atoms with E-state index in [0.29, 0.717) is 5.82 Å². The Kier molecular flexibility index (Phi) is 3.89. The molecule has 1 aliphatic rings. The van der Waals surface area contributed by atoms with E-state index in [0.717, 1.165) is 42.9 Å². The number of nitrogens with two attached hydrogens (primary N) is 1. The number of amides is 1. The Morgan fingerprint density at radius 2 is 1.92 bits per heavy atom. The number of nitrogens with zero attached hydrogens (tertiary/aromatic N) is 4. The number of carbonyl (C=O) groups is 1. The van der Waals surface area contributed by atoms with Crippen molar-refractivity contribution in [1.82, 2.24) is 20.2 Å². The Morgan fingerprint density at radius 1 is 1.12 bits per heavy atom. The molecule has 7 nitrogen and oxygen atoms in total. The fourth-order valence-corrected chi connectivity index (χ4v) is 3.17. The molecule has 0 fully saturated rings. The van der Waals surface area contributed by atoms with Crippen molar-refractivity contribution in [3.05, 3.63) is 59.7 Å². The number of benzene rings is 1. The number of H-pyrrole nitrogens is 1. The SMILES string of the molecule is NC(=O)c1cncc(N2CCc3[nH]nc(-c4ccccc4)c3CC2)n1. The molecular formula is C18H18N6O. The third-order valence-electron chi connectivity index (χ3n) is 4.46. The second-order valence-corrected chi connectivity index (χ2v) is 6.01. The number of carbonyl (C=O) groups excluding carboxylic acids is 1. The van der Waals surface area contributed by atoms with Crippen LogP contribution in [0, 0.1) is 0 Å². The summed E-state index contributed by atoms with van der Waals surface area (Å²) in [5.74, 6) is 0.112. The lowest BCUT2D eigenvalue weighted by Crippen LogP contribution is -2.28. The van der Waals surface area contributed by atoms with E-state index in [4.69, 9.17) is 5.73 Å². The summed E-state index contributed by atoms with van der Waals surface area (Å²) in [6.07, 6.45) is 4.74. The van der Waals surface area contributed by atoms with Crippen molar-refractivity contribution < 1.29 is 4.79 Å². The van der Waals surface area contributed by atoms with E-state index in [2.05, 4.69) is 37.2 Å². The van der Waals surface area contributed by atoms with Crippen LogP contribution in [0.1, 0.15) is 21.7 Å². The maximum absolute atomic E-state index is 11.3. The van der Waals surface area contributed by atoms with Gasteiger partial charge in [0.2, 0.25) is 0 Å². The molecular weight excluding hydrogens is 316 g/mol. The molecule has 3 heterocycles. The van der Waals surface area contributed by atoms with Gasteiger partial charge in [0.25, 0.3) is 5.91 Å². The maximum atomic E-state index is 11.3. The molecule has 2 aromatic heterocycles. The van der Waals surface area contributed by atoms with Gasteiger partial charge < -0.3 is 10.6 Å². The van der Waals surface area contributed by atoms with Crippen LogP contribution in [0.2, 0.25) is 0 Å². The normalized spacial score (nSPS) is 14.0. The number of aromatic amines is 1. The molecule has 0 aliphatic carbocycles. The van der Waals surface area contributed by atoms with Crippen molar-refractivity contribution in [3.63, 3.8) is 0 Å². The Labute approximate surface area is 144 Å². The number of rotatable bonds is 3. The molecule has 0 atom stereocenters. The standard InChI is InChI=1S/C18H18N6O/c19-18(25)15-10-20-11-16(21-15)24-8-6-13-14(7-9-24)22-23-17(13)12-4-2-1-3-5-12/h1-5,10-11H,6-9H2,(H2,19,25)(H,22,23).